The summed E-state index contributed by atoms with van der Waals surface area (Å²) in [7, 11) is 0. The molecule has 0 radical (unpaired) electrons. The molecule has 3 fully saturated rings. The van der Waals surface area contributed by atoms with Gasteiger partial charge in [-0.3, -0.25) is 14.4 Å². The van der Waals surface area contributed by atoms with Gasteiger partial charge < -0.3 is 44.7 Å². The molecule has 13 nitrogen and oxygen atoms in total. The van der Waals surface area contributed by atoms with Gasteiger partial charge in [0.25, 0.3) is 0 Å². The SMILES string of the molecule is CC(=O)O[C@H]1[C@@H]2[C@]3(O)CO[C@@H]3C[C@H](O)[C@@]2(C)C(=O)[C@H](O)C2=C(C)C(OC(=O)C(C)[C@H](C)NC(=O)OC(C)(C)C)C[C@]1(O)C2(C)C. The minimum absolute atomic E-state index is 0.0645. The quantitative estimate of drug-likeness (QED) is 0.165. The number of nitrogens with one attached hydrogen (secondary N) is 1. The van der Waals surface area contributed by atoms with Crippen molar-refractivity contribution in [3.8, 4) is 0 Å². The Bertz CT molecular complexity index is 1290. The number of Topliss-reactive ketones (excluding diaryl/α,β-unsaturated/α-hetero) is 1. The standard InChI is InChI=1S/C32H49NO12/c1-14(16(3)33-27(39)45-28(5,6)7)26(38)44-18-12-32(41)25(43-17(4)34)23-30(10,19(35)11-20-31(23,40)13-42-20)24(37)22(36)21(15(18)2)29(32,8)9/h14,16,18-20,22-23,25,35-36,40-41H,11-13H2,1-10H3,(H,33,39)/t14?,16-,18?,19-,20+,22+,23-,25-,30+,31-,32+/m0/s1. The summed E-state index contributed by atoms with van der Waals surface area (Å²) >= 11 is 0. The zero-order valence-corrected chi connectivity index (χ0v) is 27.8. The van der Waals surface area contributed by atoms with Gasteiger partial charge in [0.05, 0.1) is 30.1 Å². The van der Waals surface area contributed by atoms with E-state index in [1.54, 1.807) is 55.4 Å². The molecule has 0 spiro atoms. The molecule has 1 saturated heterocycles. The van der Waals surface area contributed by atoms with Crippen LogP contribution in [0.3, 0.4) is 0 Å². The number of carbonyl (C=O) groups is 4. The second kappa shape index (κ2) is 11.3. The van der Waals surface area contributed by atoms with Crippen LogP contribution in [0.15, 0.2) is 11.1 Å². The lowest BCUT2D eigenvalue weighted by Crippen LogP contribution is -2.81. The molecule has 1 aliphatic heterocycles. The Balaban J connectivity index is 1.79. The summed E-state index contributed by atoms with van der Waals surface area (Å²) in [5, 5.41) is 50.4. The van der Waals surface area contributed by atoms with E-state index in [9.17, 15) is 39.6 Å². The molecule has 11 atom stereocenters. The molecule has 1 amide bonds. The van der Waals surface area contributed by atoms with Crippen molar-refractivity contribution in [1.29, 1.82) is 0 Å². The molecule has 2 unspecified atom stereocenters. The fourth-order valence-corrected chi connectivity index (χ4v) is 7.87. The van der Waals surface area contributed by atoms with Crippen molar-refractivity contribution in [2.45, 2.75) is 135 Å². The van der Waals surface area contributed by atoms with Crippen LogP contribution in [0.4, 0.5) is 4.79 Å². The summed E-state index contributed by atoms with van der Waals surface area (Å²) in [6, 6.07) is -0.718. The van der Waals surface area contributed by atoms with Gasteiger partial charge in [0, 0.05) is 37.1 Å². The van der Waals surface area contributed by atoms with Crippen molar-refractivity contribution in [2.75, 3.05) is 6.61 Å². The molecule has 0 aromatic rings. The van der Waals surface area contributed by atoms with Gasteiger partial charge in [-0.15, -0.1) is 0 Å². The maximum atomic E-state index is 14.3. The van der Waals surface area contributed by atoms with Crippen molar-refractivity contribution >= 4 is 23.8 Å². The Morgan fingerprint density at radius 1 is 1.07 bits per heavy atom. The maximum Gasteiger partial charge on any atom is 0.407 e. The van der Waals surface area contributed by atoms with Crippen molar-refractivity contribution in [3.05, 3.63) is 11.1 Å². The summed E-state index contributed by atoms with van der Waals surface area (Å²) in [5.74, 6) is -4.65. The van der Waals surface area contributed by atoms with Gasteiger partial charge in [-0.1, -0.05) is 13.8 Å². The molecule has 2 bridgehead atoms. The Labute approximate surface area is 263 Å². The Kier molecular flexibility index (Phi) is 8.85. The van der Waals surface area contributed by atoms with Crippen LogP contribution >= 0.6 is 0 Å². The smallest absolute Gasteiger partial charge is 0.407 e. The minimum Gasteiger partial charge on any atom is -0.459 e. The fourth-order valence-electron chi connectivity index (χ4n) is 7.87. The second-order valence-electron chi connectivity index (χ2n) is 15.1. The van der Waals surface area contributed by atoms with Gasteiger partial charge in [-0.25, -0.2) is 4.79 Å². The lowest BCUT2D eigenvalue weighted by atomic mass is 9.45. The average molecular weight is 640 g/mol. The topological polar surface area (TPSA) is 198 Å². The number of carbonyl (C=O) groups excluding carboxylic acids is 4. The van der Waals surface area contributed by atoms with Gasteiger partial charge in [0.1, 0.15) is 35.1 Å². The molecule has 3 aliphatic carbocycles. The van der Waals surface area contributed by atoms with Crippen molar-refractivity contribution in [3.63, 3.8) is 0 Å². The zero-order chi connectivity index (χ0) is 34.2. The number of amides is 1. The fraction of sp³-hybridized carbons (Fsp3) is 0.812. The van der Waals surface area contributed by atoms with Gasteiger partial charge in [0.15, 0.2) is 5.78 Å². The molecular weight excluding hydrogens is 590 g/mol. The van der Waals surface area contributed by atoms with E-state index in [0.717, 1.165) is 6.92 Å². The number of ketones is 1. The summed E-state index contributed by atoms with van der Waals surface area (Å²) in [4.78, 5) is 52.7. The first-order chi connectivity index (χ1) is 20.4. The maximum absolute atomic E-state index is 14.3. The molecule has 5 N–H and O–H groups in total. The van der Waals surface area contributed by atoms with Crippen LogP contribution in [0, 0.1) is 22.7 Å². The van der Waals surface area contributed by atoms with Gasteiger partial charge in [-0.05, 0) is 59.6 Å². The molecule has 4 rings (SSSR count). The van der Waals surface area contributed by atoms with Crippen LogP contribution in [-0.4, -0.2) is 104 Å². The number of aliphatic hydroxyl groups is 4. The zero-order valence-electron chi connectivity index (χ0n) is 27.8. The summed E-state index contributed by atoms with van der Waals surface area (Å²) in [5.41, 5.74) is -7.59. The Hall–Kier alpha value is -2.58. The van der Waals surface area contributed by atoms with E-state index in [-0.39, 0.29) is 25.0 Å². The second-order valence-corrected chi connectivity index (χ2v) is 15.1. The first-order valence-electron chi connectivity index (χ1n) is 15.5. The number of hydrogen-bond donors (Lipinski definition) is 5. The highest BCUT2D eigenvalue weighted by atomic mass is 16.6. The largest absolute Gasteiger partial charge is 0.459 e. The van der Waals surface area contributed by atoms with Crippen LogP contribution in [0.2, 0.25) is 0 Å². The number of esters is 2. The van der Waals surface area contributed by atoms with Crippen LogP contribution < -0.4 is 5.32 Å². The molecule has 2 saturated carbocycles. The Morgan fingerprint density at radius 2 is 1.67 bits per heavy atom. The highest BCUT2D eigenvalue weighted by Crippen LogP contribution is 2.63. The summed E-state index contributed by atoms with van der Waals surface area (Å²) in [6.45, 7) is 15.3. The molecule has 13 heteroatoms. The van der Waals surface area contributed by atoms with Crippen LogP contribution in [0.1, 0.15) is 82.1 Å². The third kappa shape index (κ3) is 5.48. The van der Waals surface area contributed by atoms with Crippen LogP contribution in [0.25, 0.3) is 0 Å². The number of aliphatic hydroxyl groups excluding tert-OH is 2. The molecule has 4 aliphatic rings. The van der Waals surface area contributed by atoms with E-state index >= 15 is 0 Å². The van der Waals surface area contributed by atoms with Gasteiger partial charge in [0.2, 0.25) is 0 Å². The van der Waals surface area contributed by atoms with E-state index in [2.05, 4.69) is 5.32 Å². The van der Waals surface area contributed by atoms with Crippen molar-refractivity contribution in [1.82, 2.24) is 5.32 Å². The molecule has 0 aromatic carbocycles. The number of hydrogen-bond acceptors (Lipinski definition) is 12. The monoisotopic (exact) mass is 639 g/mol. The van der Waals surface area contributed by atoms with Gasteiger partial charge >= 0.3 is 18.0 Å². The number of fused-ring (bicyclic) bond motifs is 5. The van der Waals surface area contributed by atoms with E-state index in [0.29, 0.717) is 5.57 Å². The third-order valence-corrected chi connectivity index (χ3v) is 10.8. The van der Waals surface area contributed by atoms with E-state index < -0.39 is 99.8 Å². The Morgan fingerprint density at radius 3 is 2.18 bits per heavy atom. The van der Waals surface area contributed by atoms with E-state index in [1.165, 1.54) is 6.92 Å². The first-order valence-corrected chi connectivity index (χ1v) is 15.5. The van der Waals surface area contributed by atoms with E-state index in [1.807, 2.05) is 0 Å². The highest BCUT2D eigenvalue weighted by molar-refractivity contribution is 5.93. The van der Waals surface area contributed by atoms with E-state index in [4.69, 9.17) is 18.9 Å². The minimum atomic E-state index is -2.12. The lowest BCUT2D eigenvalue weighted by molar-refractivity contribution is -0.345. The van der Waals surface area contributed by atoms with Crippen LogP contribution in [0.5, 0.6) is 0 Å². The third-order valence-electron chi connectivity index (χ3n) is 10.8. The molecular formula is C32H49NO12. The van der Waals surface area contributed by atoms with Gasteiger partial charge in [-0.2, -0.15) is 0 Å². The predicted molar refractivity (Wildman–Crippen MR) is 157 cm³/mol. The number of ether oxygens (including phenoxy) is 4. The molecule has 45 heavy (non-hydrogen) atoms. The number of rotatable bonds is 5. The summed E-state index contributed by atoms with van der Waals surface area (Å²) in [6.07, 6.45) is -8.12. The molecule has 254 valence electrons. The normalized spacial score (nSPS) is 40.4. The average Bonchev–Trinajstić information content (AvgIpc) is 2.89. The lowest BCUT2D eigenvalue weighted by Gasteiger charge is -2.66. The van der Waals surface area contributed by atoms with Crippen LogP contribution in [-0.2, 0) is 33.3 Å². The molecule has 1 heterocycles. The summed E-state index contributed by atoms with van der Waals surface area (Å²) < 4.78 is 22.6. The van der Waals surface area contributed by atoms with Crippen molar-refractivity contribution in [2.24, 2.45) is 22.7 Å². The van der Waals surface area contributed by atoms with Crippen molar-refractivity contribution < 1.29 is 58.6 Å². The number of alkyl carbamates (subject to hydrolysis) is 1. The first kappa shape index (κ1) is 35.3. The highest BCUT2D eigenvalue weighted by Gasteiger charge is 2.76. The molecule has 0 aromatic heterocycles. The predicted octanol–water partition coefficient (Wildman–Crippen LogP) is 1.32.